The van der Waals surface area contributed by atoms with E-state index in [1.54, 1.807) is 37.3 Å². The minimum atomic E-state index is -3.15. The van der Waals surface area contributed by atoms with E-state index in [-0.39, 0.29) is 18.3 Å². The number of likely N-dealkylation sites (tertiary alicyclic amines) is 1. The molecule has 1 aliphatic rings. The molecule has 0 spiro atoms. The summed E-state index contributed by atoms with van der Waals surface area (Å²) in [6.45, 7) is 0.365. The summed E-state index contributed by atoms with van der Waals surface area (Å²) in [6, 6.07) is 8.61. The van der Waals surface area contributed by atoms with Crippen molar-refractivity contribution in [2.45, 2.75) is 31.2 Å². The summed E-state index contributed by atoms with van der Waals surface area (Å²) in [4.78, 5) is 26.5. The van der Waals surface area contributed by atoms with Gasteiger partial charge < -0.3 is 16.0 Å². The fourth-order valence-corrected chi connectivity index (χ4v) is 2.73. The van der Waals surface area contributed by atoms with Crippen LogP contribution in [-0.4, -0.2) is 47.8 Å². The van der Waals surface area contributed by atoms with E-state index in [9.17, 15) is 18.4 Å². The fourth-order valence-electron chi connectivity index (χ4n) is 2.73. The molecule has 0 aliphatic carbocycles. The zero-order valence-corrected chi connectivity index (χ0v) is 14.2. The van der Waals surface area contributed by atoms with E-state index < -0.39 is 30.5 Å². The van der Waals surface area contributed by atoms with Gasteiger partial charge in [0.2, 0.25) is 5.91 Å². The molecule has 0 radical (unpaired) electrons. The van der Waals surface area contributed by atoms with Crippen LogP contribution in [0.15, 0.2) is 30.3 Å². The first-order chi connectivity index (χ1) is 10.8. The first-order valence-corrected chi connectivity index (χ1v) is 7.53. The molecule has 0 saturated carbocycles. The molecule has 1 fully saturated rings. The number of benzene rings is 1. The van der Waals surface area contributed by atoms with Crippen molar-refractivity contribution in [3.8, 4) is 0 Å². The van der Waals surface area contributed by atoms with Crippen molar-refractivity contribution in [1.29, 1.82) is 0 Å². The number of hydrogen-bond donors (Lipinski definition) is 2. The summed E-state index contributed by atoms with van der Waals surface area (Å²) >= 11 is 0. The van der Waals surface area contributed by atoms with E-state index in [2.05, 4.69) is 5.32 Å². The van der Waals surface area contributed by atoms with Crippen molar-refractivity contribution in [3.63, 3.8) is 0 Å². The van der Waals surface area contributed by atoms with Crippen molar-refractivity contribution < 1.29 is 18.4 Å². The van der Waals surface area contributed by atoms with E-state index in [1.165, 1.54) is 4.90 Å². The number of nitrogens with zero attached hydrogens (tertiary/aromatic N) is 1. The molecule has 3 N–H and O–H groups in total. The summed E-state index contributed by atoms with van der Waals surface area (Å²) in [5, 5.41) is 2.23. The Morgan fingerprint density at radius 1 is 1.33 bits per heavy atom. The Morgan fingerprint density at radius 3 is 2.54 bits per heavy atom. The topological polar surface area (TPSA) is 75.4 Å². The average Bonchev–Trinajstić information content (AvgIpc) is 2.96. The normalized spacial score (nSPS) is 20.4. The minimum absolute atomic E-state index is 0. The highest BCUT2D eigenvalue weighted by Crippen LogP contribution is 2.31. The predicted molar refractivity (Wildman–Crippen MR) is 89.4 cm³/mol. The summed E-state index contributed by atoms with van der Waals surface area (Å²) in [6.07, 6.45) is 1.08. The van der Waals surface area contributed by atoms with Gasteiger partial charge in [-0.2, -0.15) is 0 Å². The van der Waals surface area contributed by atoms with Gasteiger partial charge in [-0.15, -0.1) is 12.4 Å². The van der Waals surface area contributed by atoms with Crippen LogP contribution < -0.4 is 11.1 Å². The lowest BCUT2D eigenvalue weighted by atomic mass is 9.96. The maximum Gasteiger partial charge on any atom is 0.277 e. The predicted octanol–water partition coefficient (Wildman–Crippen LogP) is 1.81. The zero-order valence-electron chi connectivity index (χ0n) is 13.4. The third-order valence-electron chi connectivity index (χ3n) is 4.20. The van der Waals surface area contributed by atoms with Crippen molar-refractivity contribution >= 4 is 24.2 Å². The first-order valence-electron chi connectivity index (χ1n) is 7.53. The number of rotatable bonds is 5. The van der Waals surface area contributed by atoms with Crippen molar-refractivity contribution in [3.05, 3.63) is 35.9 Å². The van der Waals surface area contributed by atoms with Gasteiger partial charge >= 0.3 is 0 Å². The Kier molecular flexibility index (Phi) is 6.68. The van der Waals surface area contributed by atoms with Gasteiger partial charge in [0.25, 0.3) is 11.8 Å². The number of halogens is 3. The lowest BCUT2D eigenvalue weighted by Crippen LogP contribution is -2.57. The molecule has 24 heavy (non-hydrogen) atoms. The average molecular weight is 362 g/mol. The molecule has 2 rings (SSSR count). The number of nitrogens with one attached hydrogen (secondary N) is 1. The third-order valence-corrected chi connectivity index (χ3v) is 4.20. The Hall–Kier alpha value is -1.73. The van der Waals surface area contributed by atoms with Crippen molar-refractivity contribution in [2.24, 2.45) is 5.73 Å². The quantitative estimate of drug-likeness (QED) is 0.840. The van der Waals surface area contributed by atoms with Gasteiger partial charge in [0, 0.05) is 12.1 Å². The number of carbonyl (C=O) groups excluding carboxylic acids is 2. The standard InChI is InChI=1S/C16H21F2N3O2.ClH/c1-15(14(23)20-11-16(17,18)10-19)8-5-9-21(15)13(22)12-6-3-2-4-7-12;/h2-4,6-7H,5,8-11,19H2,1H3,(H,20,23);1H. The maximum absolute atomic E-state index is 13.2. The van der Waals surface area contributed by atoms with E-state index >= 15 is 0 Å². The molecule has 0 aromatic heterocycles. The van der Waals surface area contributed by atoms with Crippen LogP contribution >= 0.6 is 12.4 Å². The highest BCUT2D eigenvalue weighted by Gasteiger charge is 2.46. The van der Waals surface area contributed by atoms with E-state index in [1.807, 2.05) is 0 Å². The third kappa shape index (κ3) is 4.21. The molecule has 1 aliphatic heterocycles. The molecule has 2 amide bonds. The van der Waals surface area contributed by atoms with Gasteiger partial charge in [-0.05, 0) is 31.9 Å². The molecule has 134 valence electrons. The second-order valence-electron chi connectivity index (χ2n) is 5.94. The van der Waals surface area contributed by atoms with Crippen LogP contribution in [-0.2, 0) is 4.79 Å². The monoisotopic (exact) mass is 361 g/mol. The van der Waals surface area contributed by atoms with Crippen LogP contribution in [0.1, 0.15) is 30.1 Å². The number of carbonyl (C=O) groups is 2. The molecule has 1 unspecified atom stereocenters. The number of nitrogens with two attached hydrogens (primary N) is 1. The van der Waals surface area contributed by atoms with Crippen molar-refractivity contribution in [1.82, 2.24) is 10.2 Å². The Morgan fingerprint density at radius 2 is 1.96 bits per heavy atom. The van der Waals surface area contributed by atoms with Crippen LogP contribution in [0.4, 0.5) is 8.78 Å². The smallest absolute Gasteiger partial charge is 0.277 e. The Bertz CT molecular complexity index is 586. The van der Waals surface area contributed by atoms with E-state index in [4.69, 9.17) is 5.73 Å². The molecule has 1 atom stereocenters. The lowest BCUT2D eigenvalue weighted by Gasteiger charge is -2.34. The van der Waals surface area contributed by atoms with Crippen LogP contribution in [0.2, 0.25) is 0 Å². The second-order valence-corrected chi connectivity index (χ2v) is 5.94. The number of amides is 2. The maximum atomic E-state index is 13.2. The van der Waals surface area contributed by atoms with Gasteiger partial charge in [-0.25, -0.2) is 8.78 Å². The number of hydrogen-bond acceptors (Lipinski definition) is 3. The SMILES string of the molecule is CC1(C(=O)NCC(F)(F)CN)CCCN1C(=O)c1ccccc1.Cl. The van der Waals surface area contributed by atoms with Gasteiger partial charge in [0.1, 0.15) is 5.54 Å². The molecule has 5 nitrogen and oxygen atoms in total. The van der Waals surface area contributed by atoms with Crippen LogP contribution in [0.5, 0.6) is 0 Å². The van der Waals surface area contributed by atoms with Gasteiger partial charge in [0.05, 0.1) is 13.1 Å². The fraction of sp³-hybridized carbons (Fsp3) is 0.500. The van der Waals surface area contributed by atoms with Crippen LogP contribution in [0, 0.1) is 0 Å². The summed E-state index contributed by atoms with van der Waals surface area (Å²) in [5.74, 6) is -4.00. The summed E-state index contributed by atoms with van der Waals surface area (Å²) in [5.41, 5.74) is 4.31. The molecule has 0 bridgehead atoms. The second kappa shape index (κ2) is 7.90. The minimum Gasteiger partial charge on any atom is -0.348 e. The Labute approximate surface area is 146 Å². The first kappa shape index (κ1) is 20.3. The van der Waals surface area contributed by atoms with Crippen molar-refractivity contribution in [2.75, 3.05) is 19.6 Å². The van der Waals surface area contributed by atoms with Gasteiger partial charge in [-0.1, -0.05) is 18.2 Å². The molecule has 1 aromatic carbocycles. The molecular formula is C16H22ClF2N3O2. The zero-order chi connectivity index (χ0) is 17.1. The number of alkyl halides is 2. The summed E-state index contributed by atoms with van der Waals surface area (Å²) in [7, 11) is 0. The van der Waals surface area contributed by atoms with Gasteiger partial charge in [0.15, 0.2) is 0 Å². The van der Waals surface area contributed by atoms with Crippen LogP contribution in [0.25, 0.3) is 0 Å². The van der Waals surface area contributed by atoms with Gasteiger partial charge in [-0.3, -0.25) is 9.59 Å². The summed E-state index contributed by atoms with van der Waals surface area (Å²) < 4.78 is 26.5. The van der Waals surface area contributed by atoms with Crippen LogP contribution in [0.3, 0.4) is 0 Å². The van der Waals surface area contributed by atoms with E-state index in [0.29, 0.717) is 24.9 Å². The van der Waals surface area contributed by atoms with E-state index in [0.717, 1.165) is 0 Å². The molecule has 1 aromatic rings. The Balaban J connectivity index is 0.00000288. The lowest BCUT2D eigenvalue weighted by molar-refractivity contribution is -0.131. The molecular weight excluding hydrogens is 340 g/mol. The molecule has 1 heterocycles. The highest BCUT2D eigenvalue weighted by atomic mass is 35.5. The highest BCUT2D eigenvalue weighted by molar-refractivity contribution is 5.99. The molecule has 1 saturated heterocycles. The molecule has 8 heteroatoms. The largest absolute Gasteiger partial charge is 0.348 e.